The monoisotopic (exact) mass is 205 g/mol. The number of aliphatic hydroxyl groups excluding tert-OH is 1. The van der Waals surface area contributed by atoms with Crippen molar-refractivity contribution in [3.8, 4) is 0 Å². The molecule has 0 spiro atoms. The number of nitrogens with two attached hydrogens (primary N) is 1. The van der Waals surface area contributed by atoms with Crippen LogP contribution in [-0.4, -0.2) is 11.1 Å². The lowest BCUT2D eigenvalue weighted by Crippen LogP contribution is -2.24. The number of hydrogen-bond acceptors (Lipinski definition) is 2. The number of hydrogen-bond donors (Lipinski definition) is 2. The molecule has 5 heteroatoms. The lowest BCUT2D eigenvalue weighted by molar-refractivity contribution is 0.152. The third kappa shape index (κ3) is 2.05. The van der Waals surface area contributed by atoms with Gasteiger partial charge in [0, 0.05) is 6.04 Å². The molecule has 0 aromatic heterocycles. The van der Waals surface area contributed by atoms with Gasteiger partial charge in [0.25, 0.3) is 0 Å². The molecule has 0 saturated carbocycles. The molecule has 0 bridgehead atoms. The summed E-state index contributed by atoms with van der Waals surface area (Å²) in [6, 6.07) is 0.776. The first-order valence-electron chi connectivity index (χ1n) is 4.01. The quantitative estimate of drug-likeness (QED) is 0.718. The van der Waals surface area contributed by atoms with E-state index in [2.05, 4.69) is 0 Å². The highest BCUT2D eigenvalue weighted by Gasteiger charge is 2.17. The highest BCUT2D eigenvalue weighted by molar-refractivity contribution is 5.22. The minimum Gasteiger partial charge on any atom is -0.387 e. The fourth-order valence-electron chi connectivity index (χ4n) is 1.05. The minimum atomic E-state index is -1.55. The predicted molar refractivity (Wildman–Crippen MR) is 44.9 cm³/mol. The van der Waals surface area contributed by atoms with Crippen molar-refractivity contribution in [2.75, 3.05) is 0 Å². The van der Waals surface area contributed by atoms with Crippen LogP contribution in [0.25, 0.3) is 0 Å². The van der Waals surface area contributed by atoms with E-state index in [1.165, 1.54) is 6.92 Å². The maximum absolute atomic E-state index is 12.7. The van der Waals surface area contributed by atoms with Crippen molar-refractivity contribution in [3.63, 3.8) is 0 Å². The van der Waals surface area contributed by atoms with Crippen molar-refractivity contribution in [3.05, 3.63) is 35.1 Å². The van der Waals surface area contributed by atoms with Crippen molar-refractivity contribution in [2.24, 2.45) is 5.73 Å². The highest BCUT2D eigenvalue weighted by atomic mass is 19.2. The van der Waals surface area contributed by atoms with Crippen LogP contribution in [0, 0.1) is 17.5 Å². The molecular weight excluding hydrogens is 195 g/mol. The summed E-state index contributed by atoms with van der Waals surface area (Å²) < 4.78 is 37.9. The zero-order valence-electron chi connectivity index (χ0n) is 7.47. The van der Waals surface area contributed by atoms with Crippen LogP contribution < -0.4 is 5.73 Å². The van der Waals surface area contributed by atoms with E-state index in [-0.39, 0.29) is 5.56 Å². The first-order valence-corrected chi connectivity index (χ1v) is 4.01. The second-order valence-electron chi connectivity index (χ2n) is 3.10. The van der Waals surface area contributed by atoms with Crippen LogP contribution in [0.3, 0.4) is 0 Å². The molecule has 1 rings (SSSR count). The third-order valence-corrected chi connectivity index (χ3v) is 1.85. The molecule has 1 aromatic rings. The van der Waals surface area contributed by atoms with Gasteiger partial charge in [-0.3, -0.25) is 0 Å². The van der Waals surface area contributed by atoms with Crippen molar-refractivity contribution < 1.29 is 18.3 Å². The van der Waals surface area contributed by atoms with E-state index < -0.39 is 29.6 Å². The summed E-state index contributed by atoms with van der Waals surface area (Å²) in [5.41, 5.74) is 5.24. The molecule has 0 aliphatic heterocycles. The molecule has 2 nitrogen and oxygen atoms in total. The molecule has 78 valence electrons. The Bertz CT molecular complexity index is 318. The summed E-state index contributed by atoms with van der Waals surface area (Å²) in [6.45, 7) is 1.48. The molecule has 1 aromatic carbocycles. The Balaban J connectivity index is 3.12. The van der Waals surface area contributed by atoms with Crippen LogP contribution in [0.15, 0.2) is 12.1 Å². The topological polar surface area (TPSA) is 46.2 Å². The summed E-state index contributed by atoms with van der Waals surface area (Å²) in [7, 11) is 0. The van der Waals surface area contributed by atoms with Crippen molar-refractivity contribution in [2.45, 2.75) is 19.1 Å². The van der Waals surface area contributed by atoms with E-state index in [0.29, 0.717) is 0 Å². The van der Waals surface area contributed by atoms with E-state index in [9.17, 15) is 18.3 Å². The second-order valence-corrected chi connectivity index (χ2v) is 3.10. The largest absolute Gasteiger partial charge is 0.387 e. The fourth-order valence-corrected chi connectivity index (χ4v) is 1.05. The Labute approximate surface area is 79.2 Å². The van der Waals surface area contributed by atoms with E-state index in [4.69, 9.17) is 5.73 Å². The summed E-state index contributed by atoms with van der Waals surface area (Å²) in [6.07, 6.45) is -1.21. The van der Waals surface area contributed by atoms with E-state index >= 15 is 0 Å². The lowest BCUT2D eigenvalue weighted by atomic mass is 10.0. The Morgan fingerprint density at radius 1 is 1.21 bits per heavy atom. The maximum Gasteiger partial charge on any atom is 0.194 e. The van der Waals surface area contributed by atoms with Crippen molar-refractivity contribution in [1.29, 1.82) is 0 Å². The highest BCUT2D eigenvalue weighted by Crippen LogP contribution is 2.20. The van der Waals surface area contributed by atoms with Gasteiger partial charge in [-0.1, -0.05) is 0 Å². The first-order chi connectivity index (χ1) is 6.43. The van der Waals surface area contributed by atoms with Crippen LogP contribution >= 0.6 is 0 Å². The molecular formula is C9H10F3NO. The summed E-state index contributed by atoms with van der Waals surface area (Å²) >= 11 is 0. The van der Waals surface area contributed by atoms with Gasteiger partial charge in [0.2, 0.25) is 0 Å². The van der Waals surface area contributed by atoms with Gasteiger partial charge in [-0.05, 0) is 24.6 Å². The van der Waals surface area contributed by atoms with E-state index in [1.807, 2.05) is 0 Å². The van der Waals surface area contributed by atoms with Crippen LogP contribution in [0.1, 0.15) is 18.6 Å². The standard InChI is InChI=1S/C9H10F3NO/c1-4(13)9(14)5-2-6(10)8(12)7(11)3-5/h2-4,9,14H,13H2,1H3/t4-,9+/m1/s1. The lowest BCUT2D eigenvalue weighted by Gasteiger charge is -2.14. The molecule has 0 heterocycles. The SMILES string of the molecule is C[C@@H](N)[C@H](O)c1cc(F)c(F)c(F)c1. The Hall–Kier alpha value is -1.07. The average molecular weight is 205 g/mol. The smallest absolute Gasteiger partial charge is 0.194 e. The Kier molecular flexibility index (Phi) is 3.13. The second kappa shape index (κ2) is 3.98. The van der Waals surface area contributed by atoms with Crippen molar-refractivity contribution in [1.82, 2.24) is 0 Å². The minimum absolute atomic E-state index is 0.0728. The number of rotatable bonds is 2. The first kappa shape index (κ1) is 11.0. The molecule has 0 unspecified atom stereocenters. The van der Waals surface area contributed by atoms with Crippen LogP contribution in [0.5, 0.6) is 0 Å². The zero-order valence-corrected chi connectivity index (χ0v) is 7.47. The van der Waals surface area contributed by atoms with Gasteiger partial charge < -0.3 is 10.8 Å². The van der Waals surface area contributed by atoms with Crippen LogP contribution in [0.4, 0.5) is 13.2 Å². The van der Waals surface area contributed by atoms with Crippen LogP contribution in [0.2, 0.25) is 0 Å². The van der Waals surface area contributed by atoms with E-state index in [0.717, 1.165) is 12.1 Å². The molecule has 0 aliphatic carbocycles. The molecule has 0 aliphatic rings. The Morgan fingerprint density at radius 3 is 2.00 bits per heavy atom. The third-order valence-electron chi connectivity index (χ3n) is 1.85. The normalized spacial score (nSPS) is 15.3. The van der Waals surface area contributed by atoms with Crippen molar-refractivity contribution >= 4 is 0 Å². The van der Waals surface area contributed by atoms with Gasteiger partial charge in [-0.2, -0.15) is 0 Å². The summed E-state index contributed by atoms with van der Waals surface area (Å²) in [5.74, 6) is -4.22. The predicted octanol–water partition coefficient (Wildman–Crippen LogP) is 1.48. The number of aliphatic hydroxyl groups is 1. The van der Waals surface area contributed by atoms with E-state index in [1.54, 1.807) is 0 Å². The van der Waals surface area contributed by atoms with Crippen LogP contribution in [-0.2, 0) is 0 Å². The van der Waals surface area contributed by atoms with Gasteiger partial charge >= 0.3 is 0 Å². The molecule has 3 N–H and O–H groups in total. The summed E-state index contributed by atoms with van der Waals surface area (Å²) in [4.78, 5) is 0. The average Bonchev–Trinajstić information content (AvgIpc) is 2.12. The van der Waals surface area contributed by atoms with Gasteiger partial charge in [-0.25, -0.2) is 13.2 Å². The molecule has 0 radical (unpaired) electrons. The maximum atomic E-state index is 12.7. The fraction of sp³-hybridized carbons (Fsp3) is 0.333. The Morgan fingerprint density at radius 2 is 1.64 bits per heavy atom. The zero-order chi connectivity index (χ0) is 10.9. The molecule has 0 fully saturated rings. The number of benzene rings is 1. The molecule has 0 amide bonds. The number of halogens is 3. The molecule has 2 atom stereocenters. The van der Waals surface area contributed by atoms with Gasteiger partial charge in [0.05, 0.1) is 6.10 Å². The van der Waals surface area contributed by atoms with Gasteiger partial charge in [-0.15, -0.1) is 0 Å². The van der Waals surface area contributed by atoms with Gasteiger partial charge in [0.1, 0.15) is 0 Å². The van der Waals surface area contributed by atoms with Gasteiger partial charge in [0.15, 0.2) is 17.5 Å². The molecule has 14 heavy (non-hydrogen) atoms. The summed E-state index contributed by atoms with van der Waals surface area (Å²) in [5, 5.41) is 9.36. The molecule has 0 saturated heterocycles.